The molecule has 2 fully saturated rings. The molecule has 1 heterocycles. The largest absolute Gasteiger partial charge is 0.396 e. The summed E-state index contributed by atoms with van der Waals surface area (Å²) < 4.78 is 0. The number of aliphatic hydroxyl groups is 1. The van der Waals surface area contributed by atoms with Gasteiger partial charge in [-0.15, -0.1) is 0 Å². The molecule has 2 aliphatic rings. The number of likely N-dealkylation sites (tertiary alicyclic amines) is 1. The number of aliphatic hydroxyl groups excluding tert-OH is 1. The topological polar surface area (TPSA) is 40.5 Å². The Morgan fingerprint density at radius 3 is 2.64 bits per heavy atom. The molecule has 0 bridgehead atoms. The van der Waals surface area contributed by atoms with Crippen LogP contribution in [0.25, 0.3) is 0 Å². The van der Waals surface area contributed by atoms with Gasteiger partial charge in [0.15, 0.2) is 0 Å². The van der Waals surface area contributed by atoms with Gasteiger partial charge in [-0.3, -0.25) is 4.79 Å². The lowest BCUT2D eigenvalue weighted by atomic mass is 9.73. The standard InChI is InChI=1S/C11H19NO2/c1-2-11(4-3-5-11)12-7-9(8-13)6-10(12)14/h9,13H,2-8H2,1H3. The van der Waals surface area contributed by atoms with Gasteiger partial charge < -0.3 is 10.0 Å². The molecule has 1 atom stereocenters. The quantitative estimate of drug-likeness (QED) is 0.737. The van der Waals surface area contributed by atoms with E-state index in [1.165, 1.54) is 6.42 Å². The maximum atomic E-state index is 11.8. The highest BCUT2D eigenvalue weighted by molar-refractivity contribution is 5.79. The van der Waals surface area contributed by atoms with Crippen LogP contribution in [0.4, 0.5) is 0 Å². The molecule has 1 unspecified atom stereocenters. The third-order valence-corrected chi connectivity index (χ3v) is 3.98. The van der Waals surface area contributed by atoms with E-state index in [-0.39, 0.29) is 24.0 Å². The fraction of sp³-hybridized carbons (Fsp3) is 0.909. The summed E-state index contributed by atoms with van der Waals surface area (Å²) in [5, 5.41) is 9.05. The monoisotopic (exact) mass is 197 g/mol. The van der Waals surface area contributed by atoms with E-state index in [2.05, 4.69) is 6.92 Å². The molecule has 1 saturated carbocycles. The predicted molar refractivity (Wildman–Crippen MR) is 53.8 cm³/mol. The lowest BCUT2D eigenvalue weighted by Gasteiger charge is -2.48. The molecule has 1 aliphatic heterocycles. The lowest BCUT2D eigenvalue weighted by molar-refractivity contribution is -0.136. The van der Waals surface area contributed by atoms with Crippen molar-refractivity contribution in [3.05, 3.63) is 0 Å². The Kier molecular flexibility index (Phi) is 2.52. The first-order valence-electron chi connectivity index (χ1n) is 5.63. The Bertz CT molecular complexity index is 230. The van der Waals surface area contributed by atoms with E-state index in [9.17, 15) is 4.79 Å². The number of nitrogens with zero attached hydrogens (tertiary/aromatic N) is 1. The van der Waals surface area contributed by atoms with Gasteiger partial charge in [0, 0.05) is 31.0 Å². The van der Waals surface area contributed by atoms with Crippen molar-refractivity contribution in [2.45, 2.75) is 44.6 Å². The number of carbonyl (C=O) groups is 1. The Hall–Kier alpha value is -0.570. The van der Waals surface area contributed by atoms with Crippen LogP contribution in [0, 0.1) is 5.92 Å². The second kappa shape index (κ2) is 3.54. The first-order valence-corrected chi connectivity index (χ1v) is 5.63. The normalized spacial score (nSPS) is 30.6. The molecule has 1 N–H and O–H groups in total. The Balaban J connectivity index is 2.07. The summed E-state index contributed by atoms with van der Waals surface area (Å²) >= 11 is 0. The second-order valence-corrected chi connectivity index (χ2v) is 4.69. The smallest absolute Gasteiger partial charge is 0.223 e. The van der Waals surface area contributed by atoms with Gasteiger partial charge in [0.05, 0.1) is 0 Å². The van der Waals surface area contributed by atoms with Gasteiger partial charge in [-0.2, -0.15) is 0 Å². The molecule has 3 nitrogen and oxygen atoms in total. The van der Waals surface area contributed by atoms with Crippen molar-refractivity contribution in [1.82, 2.24) is 4.90 Å². The van der Waals surface area contributed by atoms with E-state index in [4.69, 9.17) is 5.11 Å². The third-order valence-electron chi connectivity index (χ3n) is 3.98. The van der Waals surface area contributed by atoms with Gasteiger partial charge in [-0.05, 0) is 25.7 Å². The van der Waals surface area contributed by atoms with Crippen LogP contribution < -0.4 is 0 Å². The van der Waals surface area contributed by atoms with Crippen molar-refractivity contribution >= 4 is 5.91 Å². The summed E-state index contributed by atoms with van der Waals surface area (Å²) in [6.07, 6.45) is 5.19. The molecule has 1 aliphatic carbocycles. The van der Waals surface area contributed by atoms with Crippen molar-refractivity contribution in [2.75, 3.05) is 13.2 Å². The van der Waals surface area contributed by atoms with Crippen molar-refractivity contribution in [1.29, 1.82) is 0 Å². The van der Waals surface area contributed by atoms with Crippen molar-refractivity contribution < 1.29 is 9.90 Å². The number of amides is 1. The summed E-state index contributed by atoms with van der Waals surface area (Å²) in [7, 11) is 0. The van der Waals surface area contributed by atoms with Crippen molar-refractivity contribution in [3.63, 3.8) is 0 Å². The van der Waals surface area contributed by atoms with Crippen molar-refractivity contribution in [3.8, 4) is 0 Å². The Morgan fingerprint density at radius 1 is 1.57 bits per heavy atom. The summed E-state index contributed by atoms with van der Waals surface area (Å²) in [5.41, 5.74) is 0.168. The second-order valence-electron chi connectivity index (χ2n) is 4.69. The molecule has 3 heteroatoms. The molecule has 1 amide bonds. The van der Waals surface area contributed by atoms with Crippen LogP contribution in [0.3, 0.4) is 0 Å². The van der Waals surface area contributed by atoms with Crippen LogP contribution in [0.2, 0.25) is 0 Å². The van der Waals surface area contributed by atoms with E-state index in [1.807, 2.05) is 4.90 Å². The molecule has 0 aromatic rings. The van der Waals surface area contributed by atoms with Crippen molar-refractivity contribution in [2.24, 2.45) is 5.92 Å². The number of hydrogen-bond donors (Lipinski definition) is 1. The van der Waals surface area contributed by atoms with Gasteiger partial charge >= 0.3 is 0 Å². The van der Waals surface area contributed by atoms with Crippen LogP contribution in [0.5, 0.6) is 0 Å². The van der Waals surface area contributed by atoms with Crippen LogP contribution in [0.1, 0.15) is 39.0 Å². The molecule has 2 rings (SSSR count). The van der Waals surface area contributed by atoms with Gasteiger partial charge in [-0.1, -0.05) is 6.92 Å². The van der Waals surface area contributed by atoms with Gasteiger partial charge in [0.25, 0.3) is 0 Å². The fourth-order valence-corrected chi connectivity index (χ4v) is 2.76. The van der Waals surface area contributed by atoms with Crippen LogP contribution in [-0.4, -0.2) is 34.6 Å². The van der Waals surface area contributed by atoms with E-state index >= 15 is 0 Å². The van der Waals surface area contributed by atoms with E-state index < -0.39 is 0 Å². The number of rotatable bonds is 3. The summed E-state index contributed by atoms with van der Waals surface area (Å²) in [5.74, 6) is 0.442. The predicted octanol–water partition coefficient (Wildman–Crippen LogP) is 1.16. The highest BCUT2D eigenvalue weighted by Gasteiger charge is 2.46. The molecule has 0 spiro atoms. The average Bonchev–Trinajstić information content (AvgIpc) is 2.48. The SMILES string of the molecule is CCC1(N2CC(CO)CC2=O)CCC1. The lowest BCUT2D eigenvalue weighted by Crippen LogP contribution is -2.54. The molecule has 0 radical (unpaired) electrons. The zero-order chi connectivity index (χ0) is 10.2. The summed E-state index contributed by atoms with van der Waals surface area (Å²) in [6, 6.07) is 0. The highest BCUT2D eigenvalue weighted by atomic mass is 16.3. The van der Waals surface area contributed by atoms with E-state index in [1.54, 1.807) is 0 Å². The third kappa shape index (κ3) is 1.34. The molecular formula is C11H19NO2. The van der Waals surface area contributed by atoms with Gasteiger partial charge in [0.2, 0.25) is 5.91 Å². The average molecular weight is 197 g/mol. The molecule has 80 valence electrons. The highest BCUT2D eigenvalue weighted by Crippen LogP contribution is 2.43. The maximum absolute atomic E-state index is 11.8. The van der Waals surface area contributed by atoms with Crippen LogP contribution >= 0.6 is 0 Å². The maximum Gasteiger partial charge on any atom is 0.223 e. The first kappa shape index (κ1) is 9.97. The summed E-state index contributed by atoms with van der Waals surface area (Å²) in [6.45, 7) is 3.10. The Labute approximate surface area is 85.1 Å². The first-order chi connectivity index (χ1) is 6.72. The zero-order valence-corrected chi connectivity index (χ0v) is 8.83. The fourth-order valence-electron chi connectivity index (χ4n) is 2.76. The number of hydrogen-bond acceptors (Lipinski definition) is 2. The van der Waals surface area contributed by atoms with E-state index in [0.29, 0.717) is 6.42 Å². The van der Waals surface area contributed by atoms with E-state index in [0.717, 1.165) is 25.8 Å². The van der Waals surface area contributed by atoms with Gasteiger partial charge in [0.1, 0.15) is 0 Å². The molecule has 0 aromatic carbocycles. The minimum atomic E-state index is 0.155. The number of carbonyl (C=O) groups excluding carboxylic acids is 1. The zero-order valence-electron chi connectivity index (χ0n) is 8.83. The minimum Gasteiger partial charge on any atom is -0.396 e. The molecular weight excluding hydrogens is 178 g/mol. The van der Waals surface area contributed by atoms with Crippen LogP contribution in [0.15, 0.2) is 0 Å². The minimum absolute atomic E-state index is 0.155. The molecule has 0 aromatic heterocycles. The van der Waals surface area contributed by atoms with Crippen LogP contribution in [-0.2, 0) is 4.79 Å². The summed E-state index contributed by atoms with van der Waals surface area (Å²) in [4.78, 5) is 13.8. The Morgan fingerprint density at radius 2 is 2.29 bits per heavy atom. The van der Waals surface area contributed by atoms with Gasteiger partial charge in [-0.25, -0.2) is 0 Å². The molecule has 1 saturated heterocycles. The molecule has 14 heavy (non-hydrogen) atoms.